The van der Waals surface area contributed by atoms with Gasteiger partial charge in [-0.25, -0.2) is 4.68 Å². The van der Waals surface area contributed by atoms with E-state index in [0.29, 0.717) is 53.5 Å². The standard InChI is InChI=1S/C30H31N5O7/c1-2-39-26-14-19(9-11-24(26)36)29(30(38)31-16-21-6-5-13-40-21)35(20-10-12-25-27(15-20)42-18-41-25)28(37)17-34-23-8-4-3-7-22(23)32-33-34/h3-4,7-12,14-15,21,29,36H,2,5-6,13,16-18H2,1H3,(H,31,38). The number of ether oxygens (including phenoxy) is 4. The number of hydrogen-bond acceptors (Lipinski definition) is 9. The summed E-state index contributed by atoms with van der Waals surface area (Å²) < 4.78 is 23.9. The van der Waals surface area contributed by atoms with Gasteiger partial charge < -0.3 is 29.4 Å². The van der Waals surface area contributed by atoms with E-state index in [2.05, 4.69) is 15.6 Å². The van der Waals surface area contributed by atoms with Crippen LogP contribution in [-0.4, -0.2) is 64.6 Å². The zero-order valence-electron chi connectivity index (χ0n) is 23.1. The average molecular weight is 574 g/mol. The van der Waals surface area contributed by atoms with E-state index in [1.807, 2.05) is 24.3 Å². The first-order chi connectivity index (χ1) is 20.5. The minimum atomic E-state index is -1.14. The number of carbonyl (C=O) groups is 2. The number of anilines is 1. The van der Waals surface area contributed by atoms with Crippen molar-refractivity contribution >= 4 is 28.5 Å². The first-order valence-electron chi connectivity index (χ1n) is 13.9. The maximum Gasteiger partial charge on any atom is 0.249 e. The number of phenolic OH excluding ortho intramolecular Hbond substituents is 1. The first-order valence-corrected chi connectivity index (χ1v) is 13.9. The largest absolute Gasteiger partial charge is 0.504 e. The average Bonchev–Trinajstić information content (AvgIpc) is 3.77. The minimum absolute atomic E-state index is 0.0542. The summed E-state index contributed by atoms with van der Waals surface area (Å²) in [5.41, 5.74) is 2.18. The molecule has 2 unspecified atom stereocenters. The van der Waals surface area contributed by atoms with Gasteiger partial charge in [-0.1, -0.05) is 23.4 Å². The lowest BCUT2D eigenvalue weighted by Gasteiger charge is -2.32. The van der Waals surface area contributed by atoms with Crippen LogP contribution in [0.2, 0.25) is 0 Å². The van der Waals surface area contributed by atoms with Crippen molar-refractivity contribution in [3.05, 3.63) is 66.2 Å². The maximum absolute atomic E-state index is 14.3. The molecule has 0 radical (unpaired) electrons. The van der Waals surface area contributed by atoms with Gasteiger partial charge in [-0.2, -0.15) is 0 Å². The third kappa shape index (κ3) is 5.53. The van der Waals surface area contributed by atoms with Crippen LogP contribution in [0.3, 0.4) is 0 Å². The molecular formula is C30H31N5O7. The molecule has 12 nitrogen and oxygen atoms in total. The Balaban J connectivity index is 1.43. The summed E-state index contributed by atoms with van der Waals surface area (Å²) in [6.07, 6.45) is 1.65. The molecule has 2 amide bonds. The van der Waals surface area contributed by atoms with Gasteiger partial charge in [-0.15, -0.1) is 5.10 Å². The fraction of sp³-hybridized carbons (Fsp3) is 0.333. The van der Waals surface area contributed by atoms with Gasteiger partial charge >= 0.3 is 0 Å². The Labute approximate surface area is 241 Å². The Hall–Kier alpha value is -4.84. The second-order valence-electron chi connectivity index (χ2n) is 9.98. The Morgan fingerprint density at radius 2 is 2.00 bits per heavy atom. The highest BCUT2D eigenvalue weighted by molar-refractivity contribution is 6.02. The van der Waals surface area contributed by atoms with Crippen LogP contribution in [0.1, 0.15) is 31.4 Å². The summed E-state index contributed by atoms with van der Waals surface area (Å²) in [6.45, 7) is 2.90. The van der Waals surface area contributed by atoms with Crippen LogP contribution in [0.25, 0.3) is 11.0 Å². The van der Waals surface area contributed by atoms with Crippen LogP contribution in [-0.2, 0) is 20.9 Å². The predicted molar refractivity (Wildman–Crippen MR) is 152 cm³/mol. The quantitative estimate of drug-likeness (QED) is 0.293. The summed E-state index contributed by atoms with van der Waals surface area (Å²) in [4.78, 5) is 29.8. The lowest BCUT2D eigenvalue weighted by Crippen LogP contribution is -2.46. The third-order valence-corrected chi connectivity index (χ3v) is 7.24. The summed E-state index contributed by atoms with van der Waals surface area (Å²) in [5, 5.41) is 21.7. The van der Waals surface area contributed by atoms with Gasteiger partial charge in [0.2, 0.25) is 18.6 Å². The van der Waals surface area contributed by atoms with E-state index >= 15 is 0 Å². The number of aromatic nitrogens is 3. The summed E-state index contributed by atoms with van der Waals surface area (Å²) in [7, 11) is 0. The molecule has 2 atom stereocenters. The smallest absolute Gasteiger partial charge is 0.249 e. The molecule has 6 rings (SSSR count). The SMILES string of the molecule is CCOc1cc(C(C(=O)NCC2CCCO2)N(C(=O)Cn2nnc3ccccc32)c2ccc3c(c2)OCO3)ccc1O. The zero-order valence-corrected chi connectivity index (χ0v) is 23.1. The second-order valence-corrected chi connectivity index (χ2v) is 9.98. The van der Waals surface area contributed by atoms with Gasteiger partial charge in [0.15, 0.2) is 23.0 Å². The van der Waals surface area contributed by atoms with Gasteiger partial charge in [0.25, 0.3) is 0 Å². The number of fused-ring (bicyclic) bond motifs is 2. The van der Waals surface area contributed by atoms with Crippen LogP contribution >= 0.6 is 0 Å². The van der Waals surface area contributed by atoms with E-state index in [1.54, 1.807) is 37.3 Å². The fourth-order valence-electron chi connectivity index (χ4n) is 5.22. The van der Waals surface area contributed by atoms with Crippen LogP contribution in [0.5, 0.6) is 23.0 Å². The molecular weight excluding hydrogens is 542 g/mol. The summed E-state index contributed by atoms with van der Waals surface area (Å²) in [6, 6.07) is 15.9. The van der Waals surface area contributed by atoms with Crippen molar-refractivity contribution in [2.75, 3.05) is 31.5 Å². The number of benzene rings is 3. The molecule has 2 aliphatic heterocycles. The topological polar surface area (TPSA) is 137 Å². The van der Waals surface area contributed by atoms with E-state index < -0.39 is 17.9 Å². The number of rotatable bonds is 10. The highest BCUT2D eigenvalue weighted by Crippen LogP contribution is 2.39. The van der Waals surface area contributed by atoms with Gasteiger partial charge in [0.1, 0.15) is 18.1 Å². The molecule has 1 fully saturated rings. The first kappa shape index (κ1) is 27.3. The highest BCUT2D eigenvalue weighted by Gasteiger charge is 2.35. The van der Waals surface area contributed by atoms with Crippen molar-refractivity contribution in [2.24, 2.45) is 0 Å². The van der Waals surface area contributed by atoms with E-state index in [4.69, 9.17) is 18.9 Å². The molecule has 0 bridgehead atoms. The molecule has 42 heavy (non-hydrogen) atoms. The van der Waals surface area contributed by atoms with Crippen molar-refractivity contribution < 1.29 is 33.6 Å². The van der Waals surface area contributed by atoms with Crippen molar-refractivity contribution in [2.45, 2.75) is 38.5 Å². The predicted octanol–water partition coefficient (Wildman–Crippen LogP) is 3.33. The van der Waals surface area contributed by atoms with Gasteiger partial charge in [-0.05, 0) is 61.7 Å². The molecule has 0 aliphatic carbocycles. The highest BCUT2D eigenvalue weighted by atomic mass is 16.7. The van der Waals surface area contributed by atoms with Crippen molar-refractivity contribution in [1.29, 1.82) is 0 Å². The minimum Gasteiger partial charge on any atom is -0.504 e. The van der Waals surface area contributed by atoms with Gasteiger partial charge in [0, 0.05) is 24.9 Å². The molecule has 12 heteroatoms. The normalized spacial score (nSPS) is 16.4. The number of phenols is 1. The van der Waals surface area contributed by atoms with Crippen LogP contribution in [0.15, 0.2) is 60.7 Å². The number of nitrogens with zero attached hydrogens (tertiary/aromatic N) is 4. The Morgan fingerprint density at radius 3 is 2.83 bits per heavy atom. The number of hydrogen-bond donors (Lipinski definition) is 2. The summed E-state index contributed by atoms with van der Waals surface area (Å²) in [5.74, 6) is 0.272. The zero-order chi connectivity index (χ0) is 29.1. The molecule has 2 aliphatic rings. The Morgan fingerprint density at radius 1 is 1.14 bits per heavy atom. The van der Waals surface area contributed by atoms with Gasteiger partial charge in [-0.3, -0.25) is 14.5 Å². The van der Waals surface area contributed by atoms with Crippen molar-refractivity contribution in [3.8, 4) is 23.0 Å². The summed E-state index contributed by atoms with van der Waals surface area (Å²) >= 11 is 0. The molecule has 4 aromatic rings. The van der Waals surface area contributed by atoms with E-state index in [-0.39, 0.29) is 30.9 Å². The monoisotopic (exact) mass is 573 g/mol. The number of para-hydroxylation sites is 1. The second kappa shape index (κ2) is 12.0. The number of amides is 2. The fourth-order valence-corrected chi connectivity index (χ4v) is 5.22. The molecule has 2 N–H and O–H groups in total. The van der Waals surface area contributed by atoms with Crippen LogP contribution in [0.4, 0.5) is 5.69 Å². The van der Waals surface area contributed by atoms with Crippen molar-refractivity contribution in [1.82, 2.24) is 20.3 Å². The van der Waals surface area contributed by atoms with Crippen molar-refractivity contribution in [3.63, 3.8) is 0 Å². The molecule has 3 aromatic carbocycles. The van der Waals surface area contributed by atoms with Gasteiger partial charge in [0.05, 0.1) is 18.2 Å². The third-order valence-electron chi connectivity index (χ3n) is 7.24. The lowest BCUT2D eigenvalue weighted by molar-refractivity contribution is -0.127. The molecule has 0 spiro atoms. The van der Waals surface area contributed by atoms with Crippen LogP contribution < -0.4 is 24.4 Å². The van der Waals surface area contributed by atoms with Crippen LogP contribution in [0, 0.1) is 0 Å². The number of carbonyl (C=O) groups excluding carboxylic acids is 2. The molecule has 0 saturated carbocycles. The number of nitrogens with one attached hydrogen (secondary N) is 1. The van der Waals surface area contributed by atoms with E-state index in [1.165, 1.54) is 15.6 Å². The Kier molecular flexibility index (Phi) is 7.78. The molecule has 1 saturated heterocycles. The van der Waals surface area contributed by atoms with E-state index in [9.17, 15) is 14.7 Å². The van der Waals surface area contributed by atoms with E-state index in [0.717, 1.165) is 12.8 Å². The molecule has 218 valence electrons. The maximum atomic E-state index is 14.3. The Bertz CT molecular complexity index is 1600. The lowest BCUT2D eigenvalue weighted by atomic mass is 10.0. The molecule has 1 aromatic heterocycles. The number of aromatic hydroxyl groups is 1. The molecule has 3 heterocycles.